The SMILES string of the molecule is C=C/C=C/c1cccc2c1sc1ccccc12. The average molecular weight is 236 g/mol. The predicted molar refractivity (Wildman–Crippen MR) is 78.6 cm³/mol. The van der Waals surface area contributed by atoms with E-state index < -0.39 is 0 Å². The van der Waals surface area contributed by atoms with Crippen molar-refractivity contribution in [1.82, 2.24) is 0 Å². The van der Waals surface area contributed by atoms with Crippen molar-refractivity contribution in [2.45, 2.75) is 0 Å². The molecule has 3 rings (SSSR count). The Morgan fingerprint density at radius 2 is 1.76 bits per heavy atom. The molecule has 1 heteroatoms. The summed E-state index contributed by atoms with van der Waals surface area (Å²) in [5, 5.41) is 2.69. The van der Waals surface area contributed by atoms with Gasteiger partial charge in [0.1, 0.15) is 0 Å². The first kappa shape index (κ1) is 10.3. The van der Waals surface area contributed by atoms with Crippen LogP contribution in [0.5, 0.6) is 0 Å². The number of thiophene rings is 1. The molecule has 0 fully saturated rings. The second kappa shape index (κ2) is 4.19. The zero-order valence-electron chi connectivity index (χ0n) is 9.39. The van der Waals surface area contributed by atoms with Crippen molar-refractivity contribution in [3.05, 3.63) is 66.8 Å². The number of fused-ring (bicyclic) bond motifs is 3. The molecule has 0 aliphatic carbocycles. The molecule has 1 heterocycles. The van der Waals surface area contributed by atoms with E-state index in [-0.39, 0.29) is 0 Å². The minimum absolute atomic E-state index is 1.27. The maximum absolute atomic E-state index is 3.72. The van der Waals surface area contributed by atoms with Gasteiger partial charge in [-0.05, 0) is 11.6 Å². The Kier molecular flexibility index (Phi) is 2.54. The van der Waals surface area contributed by atoms with E-state index >= 15 is 0 Å². The van der Waals surface area contributed by atoms with Crippen LogP contribution in [0.15, 0.2) is 61.2 Å². The van der Waals surface area contributed by atoms with E-state index in [0.717, 1.165) is 0 Å². The molecule has 0 aliphatic rings. The van der Waals surface area contributed by atoms with E-state index in [2.05, 4.69) is 55.1 Å². The third-order valence-electron chi connectivity index (χ3n) is 2.85. The molecule has 0 aliphatic heterocycles. The minimum Gasteiger partial charge on any atom is -0.135 e. The van der Waals surface area contributed by atoms with E-state index in [1.165, 1.54) is 25.7 Å². The van der Waals surface area contributed by atoms with Crippen molar-refractivity contribution >= 4 is 37.6 Å². The van der Waals surface area contributed by atoms with Gasteiger partial charge in [-0.1, -0.05) is 61.2 Å². The lowest BCUT2D eigenvalue weighted by Gasteiger charge is -1.95. The molecule has 0 saturated carbocycles. The molecule has 2 aromatic carbocycles. The molecule has 0 nitrogen and oxygen atoms in total. The topological polar surface area (TPSA) is 0 Å². The maximum atomic E-state index is 3.72. The summed E-state index contributed by atoms with van der Waals surface area (Å²) in [5.74, 6) is 0. The van der Waals surface area contributed by atoms with Crippen molar-refractivity contribution in [1.29, 1.82) is 0 Å². The summed E-state index contributed by atoms with van der Waals surface area (Å²) >= 11 is 1.85. The summed E-state index contributed by atoms with van der Waals surface area (Å²) in [5.41, 5.74) is 1.27. The van der Waals surface area contributed by atoms with E-state index in [1.807, 2.05) is 23.5 Å². The van der Waals surface area contributed by atoms with E-state index in [0.29, 0.717) is 0 Å². The molecule has 0 unspecified atom stereocenters. The van der Waals surface area contributed by atoms with Gasteiger partial charge in [0.2, 0.25) is 0 Å². The normalized spacial score (nSPS) is 11.5. The Morgan fingerprint density at radius 3 is 2.65 bits per heavy atom. The van der Waals surface area contributed by atoms with Crippen LogP contribution in [-0.2, 0) is 0 Å². The summed E-state index contributed by atoms with van der Waals surface area (Å²) < 4.78 is 2.70. The highest BCUT2D eigenvalue weighted by Gasteiger charge is 2.05. The van der Waals surface area contributed by atoms with Gasteiger partial charge in [0, 0.05) is 20.2 Å². The monoisotopic (exact) mass is 236 g/mol. The Balaban J connectivity index is 2.39. The van der Waals surface area contributed by atoms with Crippen molar-refractivity contribution < 1.29 is 0 Å². The number of allylic oxidation sites excluding steroid dienone is 2. The summed E-state index contributed by atoms with van der Waals surface area (Å²) in [4.78, 5) is 0. The highest BCUT2D eigenvalue weighted by molar-refractivity contribution is 7.26. The molecule has 0 bridgehead atoms. The number of rotatable bonds is 2. The van der Waals surface area contributed by atoms with Crippen LogP contribution in [0.4, 0.5) is 0 Å². The molecule has 3 aromatic rings. The molecule has 0 saturated heterocycles. The van der Waals surface area contributed by atoms with Crippen LogP contribution in [0.3, 0.4) is 0 Å². The molecule has 82 valence electrons. The van der Waals surface area contributed by atoms with Crippen molar-refractivity contribution in [2.75, 3.05) is 0 Å². The van der Waals surface area contributed by atoms with Gasteiger partial charge in [0.25, 0.3) is 0 Å². The molecular formula is C16H12S. The van der Waals surface area contributed by atoms with Gasteiger partial charge < -0.3 is 0 Å². The minimum atomic E-state index is 1.27. The Morgan fingerprint density at radius 1 is 0.941 bits per heavy atom. The van der Waals surface area contributed by atoms with Crippen molar-refractivity contribution in [3.8, 4) is 0 Å². The first-order chi connectivity index (χ1) is 8.40. The number of hydrogen-bond donors (Lipinski definition) is 0. The zero-order chi connectivity index (χ0) is 11.7. The largest absolute Gasteiger partial charge is 0.135 e. The molecule has 1 aromatic heterocycles. The van der Waals surface area contributed by atoms with Gasteiger partial charge in [-0.25, -0.2) is 0 Å². The quantitative estimate of drug-likeness (QED) is 0.533. The molecule has 0 radical (unpaired) electrons. The lowest BCUT2D eigenvalue weighted by atomic mass is 10.1. The van der Waals surface area contributed by atoms with Gasteiger partial charge in [0.15, 0.2) is 0 Å². The van der Waals surface area contributed by atoms with Crippen LogP contribution < -0.4 is 0 Å². The van der Waals surface area contributed by atoms with Crippen LogP contribution in [0, 0.1) is 0 Å². The maximum Gasteiger partial charge on any atom is 0.0427 e. The Hall–Kier alpha value is -1.86. The molecule has 0 N–H and O–H groups in total. The summed E-state index contributed by atoms with van der Waals surface area (Å²) in [6, 6.07) is 15.0. The van der Waals surface area contributed by atoms with Crippen molar-refractivity contribution in [2.24, 2.45) is 0 Å². The second-order valence-electron chi connectivity index (χ2n) is 3.92. The number of hydrogen-bond acceptors (Lipinski definition) is 1. The Labute approximate surface area is 105 Å². The van der Waals surface area contributed by atoms with Crippen LogP contribution in [-0.4, -0.2) is 0 Å². The first-order valence-electron chi connectivity index (χ1n) is 5.59. The summed E-state index contributed by atoms with van der Waals surface area (Å²) in [6.07, 6.45) is 5.91. The van der Waals surface area contributed by atoms with E-state index in [9.17, 15) is 0 Å². The van der Waals surface area contributed by atoms with Crippen molar-refractivity contribution in [3.63, 3.8) is 0 Å². The van der Waals surface area contributed by atoms with Gasteiger partial charge in [0.05, 0.1) is 0 Å². The van der Waals surface area contributed by atoms with E-state index in [4.69, 9.17) is 0 Å². The lowest BCUT2D eigenvalue weighted by molar-refractivity contribution is 1.79. The highest BCUT2D eigenvalue weighted by Crippen LogP contribution is 2.35. The second-order valence-corrected chi connectivity index (χ2v) is 4.97. The van der Waals surface area contributed by atoms with Gasteiger partial charge >= 0.3 is 0 Å². The first-order valence-corrected chi connectivity index (χ1v) is 6.41. The lowest BCUT2D eigenvalue weighted by Crippen LogP contribution is -1.71. The summed E-state index contributed by atoms with van der Waals surface area (Å²) in [6.45, 7) is 3.72. The molecule has 0 amide bonds. The third kappa shape index (κ3) is 1.69. The summed E-state index contributed by atoms with van der Waals surface area (Å²) in [7, 11) is 0. The van der Waals surface area contributed by atoms with E-state index in [1.54, 1.807) is 0 Å². The standard InChI is InChI=1S/C16H12S/c1-2-3-7-12-8-6-10-14-13-9-4-5-11-15(13)17-16(12)14/h2-11H,1H2/b7-3+. The average Bonchev–Trinajstić information content (AvgIpc) is 2.75. The predicted octanol–water partition coefficient (Wildman–Crippen LogP) is 5.25. The zero-order valence-corrected chi connectivity index (χ0v) is 10.2. The molecule has 0 spiro atoms. The molecule has 0 atom stereocenters. The van der Waals surface area contributed by atoms with Gasteiger partial charge in [-0.2, -0.15) is 0 Å². The van der Waals surface area contributed by atoms with Crippen LogP contribution >= 0.6 is 11.3 Å². The fourth-order valence-corrected chi connectivity index (χ4v) is 3.27. The highest BCUT2D eigenvalue weighted by atomic mass is 32.1. The van der Waals surface area contributed by atoms with Crippen LogP contribution in [0.1, 0.15) is 5.56 Å². The third-order valence-corrected chi connectivity index (χ3v) is 4.08. The molecule has 17 heavy (non-hydrogen) atoms. The Bertz CT molecular complexity index is 717. The van der Waals surface area contributed by atoms with Gasteiger partial charge in [-0.15, -0.1) is 11.3 Å². The molecular weight excluding hydrogens is 224 g/mol. The fraction of sp³-hybridized carbons (Fsp3) is 0. The smallest absolute Gasteiger partial charge is 0.0427 e. The van der Waals surface area contributed by atoms with Gasteiger partial charge in [-0.3, -0.25) is 0 Å². The fourth-order valence-electron chi connectivity index (χ4n) is 2.07. The van der Waals surface area contributed by atoms with Crippen LogP contribution in [0.25, 0.3) is 26.2 Å². The van der Waals surface area contributed by atoms with Crippen LogP contribution in [0.2, 0.25) is 0 Å². The number of benzene rings is 2.